The minimum absolute atomic E-state index is 0.0145. The van der Waals surface area contributed by atoms with E-state index in [0.717, 1.165) is 49.1 Å². The summed E-state index contributed by atoms with van der Waals surface area (Å²) < 4.78 is 2.05. The predicted molar refractivity (Wildman–Crippen MR) is 95.0 cm³/mol. The number of nitrogens with zero attached hydrogens (tertiary/aromatic N) is 4. The molecule has 0 saturated heterocycles. The summed E-state index contributed by atoms with van der Waals surface area (Å²) in [4.78, 5) is 17.5. The fourth-order valence-electron chi connectivity index (χ4n) is 6.39. The molecule has 4 bridgehead atoms. The first-order chi connectivity index (χ1) is 12.5. The number of H-pyrrole nitrogens is 1. The minimum Gasteiger partial charge on any atom is -0.351 e. The van der Waals surface area contributed by atoms with Crippen molar-refractivity contribution < 1.29 is 4.79 Å². The van der Waals surface area contributed by atoms with Crippen molar-refractivity contribution in [3.63, 3.8) is 0 Å². The molecule has 7 nitrogen and oxygen atoms in total. The number of aromatic amines is 1. The Morgan fingerprint density at radius 1 is 1.31 bits per heavy atom. The van der Waals surface area contributed by atoms with Gasteiger partial charge >= 0.3 is 0 Å². The molecule has 138 valence electrons. The molecule has 4 saturated carbocycles. The van der Waals surface area contributed by atoms with Crippen molar-refractivity contribution in [2.75, 3.05) is 0 Å². The Morgan fingerprint density at radius 3 is 2.69 bits per heavy atom. The number of aromatic nitrogens is 5. The highest BCUT2D eigenvalue weighted by Gasteiger charge is 2.61. The molecule has 0 aromatic carbocycles. The van der Waals surface area contributed by atoms with Crippen molar-refractivity contribution in [3.8, 4) is 0 Å². The number of carbonyl (C=O) groups is 1. The molecule has 26 heavy (non-hydrogen) atoms. The van der Waals surface area contributed by atoms with Crippen LogP contribution in [0, 0.1) is 31.1 Å². The Kier molecular flexibility index (Phi) is 3.33. The zero-order chi connectivity index (χ0) is 17.9. The molecular weight excluding hydrogens is 328 g/mol. The van der Waals surface area contributed by atoms with E-state index in [9.17, 15) is 4.79 Å². The quantitative estimate of drug-likeness (QED) is 0.881. The van der Waals surface area contributed by atoms with Crippen LogP contribution in [-0.4, -0.2) is 30.9 Å². The number of carbonyl (C=O) groups excluding carboxylic acids is 1. The first-order valence-corrected chi connectivity index (χ1v) is 9.64. The van der Waals surface area contributed by atoms with Gasteiger partial charge in [0.1, 0.15) is 12.7 Å². The van der Waals surface area contributed by atoms with E-state index in [-0.39, 0.29) is 16.9 Å². The summed E-state index contributed by atoms with van der Waals surface area (Å²) in [6, 6.07) is 0. The Labute approximate surface area is 153 Å². The van der Waals surface area contributed by atoms with Crippen molar-refractivity contribution in [1.29, 1.82) is 0 Å². The number of amides is 1. The summed E-state index contributed by atoms with van der Waals surface area (Å²) in [6.07, 6.45) is 9.96. The van der Waals surface area contributed by atoms with Gasteiger partial charge in [0.05, 0.1) is 16.6 Å². The van der Waals surface area contributed by atoms with Crippen LogP contribution >= 0.6 is 0 Å². The highest BCUT2D eigenvalue weighted by atomic mass is 16.2. The van der Waals surface area contributed by atoms with Crippen molar-refractivity contribution in [3.05, 3.63) is 29.6 Å². The van der Waals surface area contributed by atoms with Crippen LogP contribution < -0.4 is 5.32 Å². The molecule has 7 heteroatoms. The van der Waals surface area contributed by atoms with E-state index in [1.807, 2.05) is 20.2 Å². The molecule has 6 rings (SSSR count). The lowest BCUT2D eigenvalue weighted by molar-refractivity contribution is -0.156. The van der Waals surface area contributed by atoms with Crippen molar-refractivity contribution in [2.45, 2.75) is 64.5 Å². The second-order valence-corrected chi connectivity index (χ2v) is 8.90. The van der Waals surface area contributed by atoms with Crippen LogP contribution in [0.1, 0.15) is 55.5 Å². The van der Waals surface area contributed by atoms with E-state index in [4.69, 9.17) is 0 Å². The minimum atomic E-state index is -0.248. The van der Waals surface area contributed by atoms with E-state index in [2.05, 4.69) is 30.3 Å². The monoisotopic (exact) mass is 354 g/mol. The SMILES string of the molecule is Cc1n[nH]c(C)c1CNC(=O)C12CC3CC(C1)CC(n1cncn1)(C3)C2. The van der Waals surface area contributed by atoms with Gasteiger partial charge in [0.25, 0.3) is 0 Å². The fourth-order valence-corrected chi connectivity index (χ4v) is 6.39. The zero-order valence-corrected chi connectivity index (χ0v) is 15.5. The number of aryl methyl sites for hydroxylation is 2. The second-order valence-electron chi connectivity index (χ2n) is 8.90. The van der Waals surface area contributed by atoms with Gasteiger partial charge in [0, 0.05) is 17.8 Å². The molecule has 0 aliphatic heterocycles. The number of hydrogen-bond donors (Lipinski definition) is 2. The molecule has 2 N–H and O–H groups in total. The Bertz CT molecular complexity index is 805. The molecule has 2 aromatic rings. The van der Waals surface area contributed by atoms with Crippen LogP contribution in [-0.2, 0) is 16.9 Å². The van der Waals surface area contributed by atoms with Gasteiger partial charge in [0.2, 0.25) is 5.91 Å². The lowest BCUT2D eigenvalue weighted by atomic mass is 9.46. The molecule has 4 aliphatic carbocycles. The van der Waals surface area contributed by atoms with Crippen molar-refractivity contribution in [2.24, 2.45) is 17.3 Å². The molecule has 2 aromatic heterocycles. The lowest BCUT2D eigenvalue weighted by Crippen LogP contribution is -2.61. The van der Waals surface area contributed by atoms with Crippen LogP contribution in [0.4, 0.5) is 0 Å². The van der Waals surface area contributed by atoms with Crippen molar-refractivity contribution >= 4 is 5.91 Å². The summed E-state index contributed by atoms with van der Waals surface area (Å²) >= 11 is 0. The summed E-state index contributed by atoms with van der Waals surface area (Å²) in [5, 5.41) is 14.9. The van der Waals surface area contributed by atoms with Crippen LogP contribution in [0.2, 0.25) is 0 Å². The van der Waals surface area contributed by atoms with Gasteiger partial charge in [-0.1, -0.05) is 0 Å². The summed E-state index contributed by atoms with van der Waals surface area (Å²) in [5.74, 6) is 1.48. The Balaban J connectivity index is 1.40. The van der Waals surface area contributed by atoms with Gasteiger partial charge in [-0.05, 0) is 64.2 Å². The van der Waals surface area contributed by atoms with Gasteiger partial charge in [-0.3, -0.25) is 9.89 Å². The maximum atomic E-state index is 13.3. The first kappa shape index (κ1) is 16.0. The number of nitrogens with one attached hydrogen (secondary N) is 2. The molecule has 0 spiro atoms. The van der Waals surface area contributed by atoms with Crippen LogP contribution in [0.15, 0.2) is 12.7 Å². The third-order valence-electron chi connectivity index (χ3n) is 7.12. The summed E-state index contributed by atoms with van der Waals surface area (Å²) in [6.45, 7) is 4.54. The molecule has 0 radical (unpaired) electrons. The third kappa shape index (κ3) is 2.25. The summed E-state index contributed by atoms with van der Waals surface area (Å²) in [5.41, 5.74) is 2.84. The maximum Gasteiger partial charge on any atom is 0.226 e. The third-order valence-corrected chi connectivity index (χ3v) is 7.12. The number of rotatable bonds is 4. The smallest absolute Gasteiger partial charge is 0.226 e. The Morgan fingerprint density at radius 2 is 2.08 bits per heavy atom. The lowest BCUT2D eigenvalue weighted by Gasteiger charge is -2.60. The van der Waals surface area contributed by atoms with Crippen molar-refractivity contribution in [1.82, 2.24) is 30.3 Å². The van der Waals surface area contributed by atoms with Gasteiger partial charge in [-0.2, -0.15) is 10.2 Å². The van der Waals surface area contributed by atoms with E-state index in [0.29, 0.717) is 18.4 Å². The molecule has 4 fully saturated rings. The largest absolute Gasteiger partial charge is 0.351 e. The molecule has 2 heterocycles. The van der Waals surface area contributed by atoms with Crippen LogP contribution in [0.3, 0.4) is 0 Å². The molecule has 1 amide bonds. The van der Waals surface area contributed by atoms with Gasteiger partial charge in [-0.25, -0.2) is 9.67 Å². The van der Waals surface area contributed by atoms with E-state index >= 15 is 0 Å². The maximum absolute atomic E-state index is 13.3. The second kappa shape index (κ2) is 5.41. The van der Waals surface area contributed by atoms with E-state index in [1.165, 1.54) is 6.42 Å². The zero-order valence-electron chi connectivity index (χ0n) is 15.5. The van der Waals surface area contributed by atoms with Crippen LogP contribution in [0.25, 0.3) is 0 Å². The highest BCUT2D eigenvalue weighted by Crippen LogP contribution is 2.64. The molecule has 2 unspecified atom stereocenters. The molecular formula is C19H26N6O. The normalized spacial score (nSPS) is 35.0. The molecule has 4 aliphatic rings. The first-order valence-electron chi connectivity index (χ1n) is 9.64. The topological polar surface area (TPSA) is 88.5 Å². The van der Waals surface area contributed by atoms with E-state index < -0.39 is 0 Å². The fraction of sp³-hybridized carbons (Fsp3) is 0.684. The average molecular weight is 354 g/mol. The summed E-state index contributed by atoms with van der Waals surface area (Å²) in [7, 11) is 0. The van der Waals surface area contributed by atoms with Crippen LogP contribution in [0.5, 0.6) is 0 Å². The predicted octanol–water partition coefficient (Wildman–Crippen LogP) is 2.23. The number of hydrogen-bond acceptors (Lipinski definition) is 4. The van der Waals surface area contributed by atoms with E-state index in [1.54, 1.807) is 6.33 Å². The standard InChI is InChI=1S/C19H26N6O/c1-12-16(13(2)24-23-12)8-21-17(26)18-4-14-3-15(5-18)7-19(6-14,9-18)25-11-20-10-22-25/h10-11,14-15H,3-9H2,1-2H3,(H,21,26)(H,23,24). The van der Waals surface area contributed by atoms with Gasteiger partial charge in [0.15, 0.2) is 0 Å². The van der Waals surface area contributed by atoms with Gasteiger partial charge < -0.3 is 5.32 Å². The average Bonchev–Trinajstić information content (AvgIpc) is 3.23. The highest BCUT2D eigenvalue weighted by molar-refractivity contribution is 5.83. The van der Waals surface area contributed by atoms with Gasteiger partial charge in [-0.15, -0.1) is 0 Å². The Hall–Kier alpha value is -2.18. The molecule has 2 atom stereocenters.